The molecule has 0 saturated heterocycles. The van der Waals surface area contributed by atoms with Crippen molar-refractivity contribution in [2.75, 3.05) is 13.9 Å². The number of carboxylic acids is 1. The van der Waals surface area contributed by atoms with E-state index in [9.17, 15) is 9.59 Å². The van der Waals surface area contributed by atoms with Gasteiger partial charge in [0.05, 0.1) is 0 Å². The van der Waals surface area contributed by atoms with E-state index in [-0.39, 0.29) is 29.1 Å². The summed E-state index contributed by atoms with van der Waals surface area (Å²) in [5.74, 6) is -2.00. The summed E-state index contributed by atoms with van der Waals surface area (Å²) in [7, 11) is 1.34. The number of hydrogen-bond acceptors (Lipinski definition) is 4. The van der Waals surface area contributed by atoms with Crippen molar-refractivity contribution in [1.29, 1.82) is 0 Å². The highest BCUT2D eigenvalue weighted by molar-refractivity contribution is 5.89. The van der Waals surface area contributed by atoms with E-state index in [1.807, 2.05) is 0 Å². The molecule has 0 amide bonds. The largest absolute Gasteiger partial charge is 0.481 e. The first-order valence-electron chi connectivity index (χ1n) is 2.53. The lowest BCUT2D eigenvalue weighted by atomic mass is 10.4. The van der Waals surface area contributed by atoms with Gasteiger partial charge in [0, 0.05) is 7.11 Å². The lowest BCUT2D eigenvalue weighted by molar-refractivity contribution is -0.158. The molecule has 0 atom stereocenters. The zero-order valence-corrected chi connectivity index (χ0v) is 5.49. The Morgan fingerprint density at radius 2 is 1.69 bits per heavy atom. The van der Waals surface area contributed by atoms with Crippen LogP contribution in [0.1, 0.15) is 28.7 Å². The fourth-order valence-corrected chi connectivity index (χ4v) is 0.299. The molecule has 0 aliphatic heterocycles. The first kappa shape index (κ1) is 22.7. The monoisotopic (exact) mass is 196 g/mol. The Hall–Kier alpha value is -1.10. The Morgan fingerprint density at radius 1 is 1.23 bits per heavy atom. The molecule has 0 spiro atoms. The van der Waals surface area contributed by atoms with Crippen LogP contribution < -0.4 is 0 Å². The van der Waals surface area contributed by atoms with Gasteiger partial charge in [0.15, 0.2) is 6.79 Å². The number of carbonyl (C=O) groups is 2. The van der Waals surface area contributed by atoms with Gasteiger partial charge in [-0.25, -0.2) is 0 Å². The fraction of sp³-hybridized carbons (Fsp3) is 0.750. The number of ether oxygens (including phenoxy) is 2. The van der Waals surface area contributed by atoms with Crippen LogP contribution in [0.3, 0.4) is 0 Å². The van der Waals surface area contributed by atoms with Crippen LogP contribution >= 0.6 is 0 Å². The van der Waals surface area contributed by atoms with Gasteiger partial charge in [-0.2, -0.15) is 0 Å². The zero-order valence-electron chi connectivity index (χ0n) is 5.49. The minimum absolute atomic E-state index is 0. The molecule has 0 unspecified atom stereocenters. The van der Waals surface area contributed by atoms with Crippen LogP contribution in [0.25, 0.3) is 0 Å². The molecule has 5 nitrogen and oxygen atoms in total. The van der Waals surface area contributed by atoms with Crippen molar-refractivity contribution in [1.82, 2.24) is 0 Å². The predicted molar refractivity (Wildman–Crippen MR) is 50.4 cm³/mol. The minimum Gasteiger partial charge on any atom is -0.481 e. The Labute approximate surface area is 79.7 Å². The van der Waals surface area contributed by atoms with Gasteiger partial charge in [0.2, 0.25) is 0 Å². The van der Waals surface area contributed by atoms with Crippen LogP contribution in [-0.4, -0.2) is 30.9 Å². The van der Waals surface area contributed by atoms with Crippen molar-refractivity contribution in [2.45, 2.75) is 28.7 Å². The smallest absolute Gasteiger partial charge is 0.319 e. The molecule has 0 rings (SSSR count). The number of methoxy groups -OCH3 is 1. The van der Waals surface area contributed by atoms with Gasteiger partial charge < -0.3 is 14.6 Å². The van der Waals surface area contributed by atoms with Crippen LogP contribution in [-0.2, 0) is 19.1 Å². The molecule has 13 heavy (non-hydrogen) atoms. The van der Waals surface area contributed by atoms with Crippen molar-refractivity contribution in [3.8, 4) is 0 Å². The van der Waals surface area contributed by atoms with E-state index in [0.717, 1.165) is 0 Å². The Balaban J connectivity index is -0.000000135. The molecule has 0 heterocycles. The van der Waals surface area contributed by atoms with Crippen LogP contribution in [0.15, 0.2) is 0 Å². The van der Waals surface area contributed by atoms with E-state index in [2.05, 4.69) is 9.47 Å². The van der Waals surface area contributed by atoms with Crippen molar-refractivity contribution in [2.24, 2.45) is 0 Å². The maximum atomic E-state index is 10.3. The van der Waals surface area contributed by atoms with Gasteiger partial charge in [-0.1, -0.05) is 22.3 Å². The highest BCUT2D eigenvalue weighted by Gasteiger charge is 2.07. The number of carboxylic acid groups (broad SMARTS) is 1. The van der Waals surface area contributed by atoms with Gasteiger partial charge in [-0.3, -0.25) is 9.59 Å². The van der Waals surface area contributed by atoms with Crippen LogP contribution in [0.5, 0.6) is 0 Å². The molecular weight excluding hydrogens is 176 g/mol. The van der Waals surface area contributed by atoms with E-state index in [0.29, 0.717) is 0 Å². The van der Waals surface area contributed by atoms with Crippen molar-refractivity contribution >= 4 is 11.9 Å². The van der Waals surface area contributed by atoms with E-state index in [1.54, 1.807) is 0 Å². The van der Waals surface area contributed by atoms with E-state index in [1.165, 1.54) is 7.11 Å². The average molecular weight is 196 g/mol. The molecule has 0 aliphatic carbocycles. The summed E-state index contributed by atoms with van der Waals surface area (Å²) in [6, 6.07) is 0. The summed E-state index contributed by atoms with van der Waals surface area (Å²) in [6.07, 6.45) is -0.622. The molecule has 5 heteroatoms. The third-order valence-electron chi connectivity index (χ3n) is 0.633. The van der Waals surface area contributed by atoms with E-state index < -0.39 is 18.4 Å². The van der Waals surface area contributed by atoms with Gasteiger partial charge >= 0.3 is 11.9 Å². The molecule has 1 N–H and O–H groups in total. The summed E-state index contributed by atoms with van der Waals surface area (Å²) in [6.45, 7) is -0.202. The maximum absolute atomic E-state index is 10.3. The van der Waals surface area contributed by atoms with Gasteiger partial charge in [-0.05, 0) is 0 Å². The van der Waals surface area contributed by atoms with Crippen LogP contribution in [0.4, 0.5) is 0 Å². The molecule has 0 aliphatic rings. The molecule has 82 valence electrons. The number of aliphatic carboxylic acids is 1. The van der Waals surface area contributed by atoms with Crippen LogP contribution in [0.2, 0.25) is 0 Å². The molecule has 0 aromatic rings. The van der Waals surface area contributed by atoms with E-state index >= 15 is 0 Å². The first-order chi connectivity index (χ1) is 4.66. The lowest BCUT2D eigenvalue weighted by Crippen LogP contribution is -2.11. The summed E-state index contributed by atoms with van der Waals surface area (Å²) in [5, 5.41) is 8.04. The second kappa shape index (κ2) is 13.5. The van der Waals surface area contributed by atoms with Crippen molar-refractivity contribution in [3.05, 3.63) is 0 Å². The number of rotatable bonds is 4. The molecule has 0 fully saturated rings. The topological polar surface area (TPSA) is 72.8 Å². The normalized spacial score (nSPS) is 6.85. The number of carbonyl (C=O) groups excluding carboxylic acids is 1. The van der Waals surface area contributed by atoms with Crippen molar-refractivity contribution in [3.63, 3.8) is 0 Å². The summed E-state index contributed by atoms with van der Waals surface area (Å²) in [5.41, 5.74) is 0. The second-order valence-corrected chi connectivity index (χ2v) is 1.49. The summed E-state index contributed by atoms with van der Waals surface area (Å²) < 4.78 is 8.62. The predicted octanol–water partition coefficient (Wildman–Crippen LogP) is 1.52. The van der Waals surface area contributed by atoms with Gasteiger partial charge in [0.1, 0.15) is 6.42 Å². The molecular formula is C8H20O5. The Bertz CT molecular complexity index is 132. The summed E-state index contributed by atoms with van der Waals surface area (Å²) in [4.78, 5) is 20.2. The highest BCUT2D eigenvalue weighted by Crippen LogP contribution is 1.85. The van der Waals surface area contributed by atoms with Crippen LogP contribution in [0, 0.1) is 0 Å². The first-order valence-corrected chi connectivity index (χ1v) is 2.53. The second-order valence-electron chi connectivity index (χ2n) is 1.49. The minimum atomic E-state index is -1.21. The third kappa shape index (κ3) is 18.1. The standard InChI is InChI=1S/C5H8O5.3CH4/c1-9-3-10-5(8)2-4(6)7;;;/h2-3H2,1H3,(H,6,7);3*1H4. The zero-order chi connectivity index (χ0) is 7.98. The Kier molecular flexibility index (Phi) is 23.5. The number of hydrogen-bond donors (Lipinski definition) is 1. The van der Waals surface area contributed by atoms with Gasteiger partial charge in [-0.15, -0.1) is 0 Å². The quantitative estimate of drug-likeness (QED) is 0.419. The highest BCUT2D eigenvalue weighted by atomic mass is 16.7. The van der Waals surface area contributed by atoms with Crippen molar-refractivity contribution < 1.29 is 24.2 Å². The lowest BCUT2D eigenvalue weighted by Gasteiger charge is -1.98. The molecule has 0 aromatic heterocycles. The molecule has 0 aromatic carbocycles. The maximum Gasteiger partial charge on any atom is 0.319 e. The molecule has 0 saturated carbocycles. The number of esters is 1. The molecule has 0 radical (unpaired) electrons. The fourth-order valence-electron chi connectivity index (χ4n) is 0.299. The Morgan fingerprint density at radius 3 is 2.00 bits per heavy atom. The molecule has 0 bridgehead atoms. The summed E-state index contributed by atoms with van der Waals surface area (Å²) >= 11 is 0. The third-order valence-corrected chi connectivity index (χ3v) is 0.633. The van der Waals surface area contributed by atoms with Gasteiger partial charge in [0.25, 0.3) is 0 Å². The van der Waals surface area contributed by atoms with E-state index in [4.69, 9.17) is 5.11 Å². The SMILES string of the molecule is C.C.C.COCOC(=O)CC(=O)O. The average Bonchev–Trinajstić information content (AvgIpc) is 1.82.